The van der Waals surface area contributed by atoms with Gasteiger partial charge in [-0.3, -0.25) is 4.79 Å². The molecule has 9 nitrogen and oxygen atoms in total. The van der Waals surface area contributed by atoms with Crippen LogP contribution in [0.3, 0.4) is 0 Å². The topological polar surface area (TPSA) is 93.9 Å². The van der Waals surface area contributed by atoms with Crippen LogP contribution in [0.25, 0.3) is 11.3 Å². The molecule has 3 fully saturated rings. The first-order chi connectivity index (χ1) is 19.2. The monoisotopic (exact) mass is 559 g/mol. The number of ether oxygens (including phenoxy) is 5. The summed E-state index contributed by atoms with van der Waals surface area (Å²) in [7, 11) is 0. The number of ketones is 1. The number of hydrogen-bond acceptors (Lipinski definition) is 8. The SMILES string of the molecule is CC1(C)OC[C@H]2O[C@@]3(CCCO3)[C@H](OCC(=O)c3ccccc3)[C@@H](n3cc(-c4cc(F)c(F)c(F)c4)nn3)[C@H]2O1. The predicted molar refractivity (Wildman–Crippen MR) is 133 cm³/mol. The Morgan fingerprint density at radius 1 is 1.10 bits per heavy atom. The van der Waals surface area contributed by atoms with Crippen LogP contribution in [0.2, 0.25) is 0 Å². The molecule has 0 aliphatic carbocycles. The van der Waals surface area contributed by atoms with E-state index in [1.54, 1.807) is 38.1 Å². The quantitative estimate of drug-likeness (QED) is 0.327. The van der Waals surface area contributed by atoms with Gasteiger partial charge in [-0.15, -0.1) is 5.10 Å². The van der Waals surface area contributed by atoms with Crippen molar-refractivity contribution in [3.05, 3.63) is 71.7 Å². The standard InChI is InChI=1S/C28H28F3N3O6/c1-27(2)38-15-22-25(40-27)24(34-13-20(32-33-34)17-11-18(29)23(31)19(30)12-17)26(28(39-22)9-6-10-37-28)36-14-21(35)16-7-4-3-5-8-16/h3-5,7-8,11-13,22,24-26H,6,9-10,14-15H2,1-2H3/t22-,24+,25+,26-,28+/m1/s1. The summed E-state index contributed by atoms with van der Waals surface area (Å²) in [6, 6.07) is 9.71. The van der Waals surface area contributed by atoms with Crippen molar-refractivity contribution in [1.29, 1.82) is 0 Å². The van der Waals surface area contributed by atoms with Gasteiger partial charge < -0.3 is 23.7 Å². The molecule has 0 N–H and O–H groups in total. The van der Waals surface area contributed by atoms with E-state index in [4.69, 9.17) is 23.7 Å². The third-order valence-corrected chi connectivity index (χ3v) is 7.41. The van der Waals surface area contributed by atoms with E-state index in [-0.39, 0.29) is 30.3 Å². The van der Waals surface area contributed by atoms with E-state index in [2.05, 4.69) is 10.3 Å². The first kappa shape index (κ1) is 27.0. The summed E-state index contributed by atoms with van der Waals surface area (Å²) in [4.78, 5) is 13.0. The molecule has 4 heterocycles. The Morgan fingerprint density at radius 2 is 1.85 bits per heavy atom. The molecule has 0 saturated carbocycles. The van der Waals surface area contributed by atoms with Crippen LogP contribution in [0, 0.1) is 17.5 Å². The van der Waals surface area contributed by atoms with Gasteiger partial charge in [0, 0.05) is 17.5 Å². The number of rotatable bonds is 6. The molecule has 3 aromatic rings. The normalized spacial score (nSPS) is 29.4. The molecule has 12 heteroatoms. The molecule has 1 aromatic heterocycles. The average molecular weight is 560 g/mol. The lowest BCUT2D eigenvalue weighted by Gasteiger charge is -2.54. The van der Waals surface area contributed by atoms with Gasteiger partial charge in [-0.25, -0.2) is 17.9 Å². The van der Waals surface area contributed by atoms with E-state index >= 15 is 0 Å². The zero-order chi connectivity index (χ0) is 28.1. The van der Waals surface area contributed by atoms with Gasteiger partial charge in [0.1, 0.15) is 36.7 Å². The number of aromatic nitrogens is 3. The lowest BCUT2D eigenvalue weighted by molar-refractivity contribution is -0.402. The Labute approximate surface area is 228 Å². The van der Waals surface area contributed by atoms with Crippen molar-refractivity contribution in [3.63, 3.8) is 0 Å². The number of benzene rings is 2. The van der Waals surface area contributed by atoms with Crippen LogP contribution in [-0.2, 0) is 23.7 Å². The van der Waals surface area contributed by atoms with Crippen molar-refractivity contribution >= 4 is 5.78 Å². The summed E-state index contributed by atoms with van der Waals surface area (Å²) in [6.07, 6.45) is 0.523. The maximum absolute atomic E-state index is 14.0. The van der Waals surface area contributed by atoms with Crippen molar-refractivity contribution in [2.45, 2.75) is 62.6 Å². The average Bonchev–Trinajstić information content (AvgIpc) is 3.61. The summed E-state index contributed by atoms with van der Waals surface area (Å²) in [5.41, 5.74) is 0.595. The molecule has 0 bridgehead atoms. The summed E-state index contributed by atoms with van der Waals surface area (Å²) >= 11 is 0. The molecule has 5 atom stereocenters. The number of carbonyl (C=O) groups excluding carboxylic acids is 1. The Hall–Kier alpha value is -3.16. The summed E-state index contributed by atoms with van der Waals surface area (Å²) in [5.74, 6) is -6.69. The van der Waals surface area contributed by atoms with E-state index in [0.717, 1.165) is 12.1 Å². The minimum atomic E-state index is -1.57. The number of carbonyl (C=O) groups is 1. The number of halogens is 3. The van der Waals surface area contributed by atoms with Crippen LogP contribution in [0.5, 0.6) is 0 Å². The summed E-state index contributed by atoms with van der Waals surface area (Å²) in [5, 5.41) is 8.36. The highest BCUT2D eigenvalue weighted by Gasteiger charge is 2.61. The van der Waals surface area contributed by atoms with Crippen molar-refractivity contribution in [2.75, 3.05) is 19.8 Å². The lowest BCUT2D eigenvalue weighted by atomic mass is 9.87. The maximum Gasteiger partial charge on any atom is 0.197 e. The molecule has 3 aliphatic heterocycles. The first-order valence-electron chi connectivity index (χ1n) is 13.1. The fourth-order valence-electron chi connectivity index (χ4n) is 5.56. The highest BCUT2D eigenvalue weighted by atomic mass is 19.2. The fraction of sp³-hybridized carbons (Fsp3) is 0.464. The van der Waals surface area contributed by atoms with Crippen LogP contribution in [-0.4, -0.2) is 70.5 Å². The van der Waals surface area contributed by atoms with Crippen molar-refractivity contribution in [2.24, 2.45) is 0 Å². The van der Waals surface area contributed by atoms with Gasteiger partial charge in [-0.05, 0) is 32.4 Å². The van der Waals surface area contributed by atoms with Crippen LogP contribution in [0.1, 0.15) is 43.1 Å². The minimum absolute atomic E-state index is 0.00281. The molecule has 6 rings (SSSR count). The van der Waals surface area contributed by atoms with E-state index in [0.29, 0.717) is 25.0 Å². The predicted octanol–water partition coefficient (Wildman–Crippen LogP) is 4.23. The van der Waals surface area contributed by atoms with Crippen LogP contribution < -0.4 is 0 Å². The van der Waals surface area contributed by atoms with E-state index in [9.17, 15) is 18.0 Å². The third kappa shape index (κ3) is 4.94. The van der Waals surface area contributed by atoms with Crippen molar-refractivity contribution in [1.82, 2.24) is 15.0 Å². The van der Waals surface area contributed by atoms with Gasteiger partial charge in [0.25, 0.3) is 0 Å². The molecule has 2 aromatic carbocycles. The van der Waals surface area contributed by atoms with E-state index in [1.807, 2.05) is 6.07 Å². The molecule has 0 amide bonds. The second-order valence-electron chi connectivity index (χ2n) is 10.6. The van der Waals surface area contributed by atoms with Gasteiger partial charge in [-0.1, -0.05) is 35.5 Å². The number of nitrogens with zero attached hydrogens (tertiary/aromatic N) is 3. The second-order valence-corrected chi connectivity index (χ2v) is 10.6. The molecule has 0 unspecified atom stereocenters. The number of Topliss-reactive ketones (excluding diaryl/α,β-unsaturated/α-hetero) is 1. The lowest BCUT2D eigenvalue weighted by Crippen LogP contribution is -2.67. The van der Waals surface area contributed by atoms with Gasteiger partial charge in [-0.2, -0.15) is 0 Å². The highest BCUT2D eigenvalue weighted by molar-refractivity contribution is 5.97. The molecule has 0 radical (unpaired) electrons. The maximum atomic E-state index is 14.0. The highest BCUT2D eigenvalue weighted by Crippen LogP contribution is 2.48. The second kappa shape index (κ2) is 10.3. The number of hydrogen-bond donors (Lipinski definition) is 0. The zero-order valence-corrected chi connectivity index (χ0v) is 21.9. The molecule has 1 spiro atoms. The summed E-state index contributed by atoms with van der Waals surface area (Å²) < 4.78 is 74.1. The van der Waals surface area contributed by atoms with Gasteiger partial charge in [0.2, 0.25) is 0 Å². The molecule has 3 aliphatic rings. The zero-order valence-electron chi connectivity index (χ0n) is 21.9. The summed E-state index contributed by atoms with van der Waals surface area (Å²) in [6.45, 7) is 3.88. The van der Waals surface area contributed by atoms with Crippen LogP contribution >= 0.6 is 0 Å². The van der Waals surface area contributed by atoms with Gasteiger partial charge in [0.15, 0.2) is 34.8 Å². The van der Waals surface area contributed by atoms with Gasteiger partial charge >= 0.3 is 0 Å². The van der Waals surface area contributed by atoms with Gasteiger partial charge in [0.05, 0.1) is 19.4 Å². The van der Waals surface area contributed by atoms with E-state index in [1.165, 1.54) is 10.9 Å². The van der Waals surface area contributed by atoms with Crippen LogP contribution in [0.15, 0.2) is 48.7 Å². The third-order valence-electron chi connectivity index (χ3n) is 7.41. The van der Waals surface area contributed by atoms with Crippen molar-refractivity contribution < 1.29 is 41.7 Å². The fourth-order valence-corrected chi connectivity index (χ4v) is 5.56. The van der Waals surface area contributed by atoms with E-state index < -0.39 is 53.4 Å². The number of fused-ring (bicyclic) bond motifs is 1. The largest absolute Gasteiger partial charge is 0.362 e. The Kier molecular flexibility index (Phi) is 6.99. The van der Waals surface area contributed by atoms with Crippen LogP contribution in [0.4, 0.5) is 13.2 Å². The van der Waals surface area contributed by atoms with Crippen molar-refractivity contribution in [3.8, 4) is 11.3 Å². The minimum Gasteiger partial charge on any atom is -0.362 e. The Morgan fingerprint density at radius 3 is 2.55 bits per heavy atom. The Balaban J connectivity index is 1.39. The molecule has 40 heavy (non-hydrogen) atoms. The molecular weight excluding hydrogens is 531 g/mol. The molecule has 212 valence electrons. The molecular formula is C28H28F3N3O6. The smallest absolute Gasteiger partial charge is 0.197 e. The Bertz CT molecular complexity index is 1370. The first-order valence-corrected chi connectivity index (χ1v) is 13.1. The molecule has 3 saturated heterocycles.